The number of pyridine rings is 3. The molecule has 1 amide bonds. The van der Waals surface area contributed by atoms with Crippen LogP contribution in [0.4, 0.5) is 17.2 Å². The highest BCUT2D eigenvalue weighted by Gasteiger charge is 2.33. The Balaban J connectivity index is 1.28. The van der Waals surface area contributed by atoms with Crippen molar-refractivity contribution in [1.82, 2.24) is 24.8 Å². The zero-order valence-corrected chi connectivity index (χ0v) is 21.0. The van der Waals surface area contributed by atoms with Gasteiger partial charge in [-0.3, -0.25) is 9.78 Å². The van der Waals surface area contributed by atoms with E-state index >= 15 is 0 Å². The van der Waals surface area contributed by atoms with E-state index in [1.807, 2.05) is 42.1 Å². The molecule has 10 nitrogen and oxygen atoms in total. The minimum absolute atomic E-state index is 0.137. The summed E-state index contributed by atoms with van der Waals surface area (Å²) in [7, 11) is 1.96. The lowest BCUT2D eigenvalue weighted by molar-refractivity contribution is -0.0928. The number of hydrogen-bond acceptors (Lipinski definition) is 8. The van der Waals surface area contributed by atoms with E-state index in [4.69, 9.17) is 9.72 Å². The third kappa shape index (κ3) is 4.17. The number of aromatic nitrogens is 4. The molecular weight excluding hydrogens is 470 g/mol. The molecule has 37 heavy (non-hydrogen) atoms. The van der Waals surface area contributed by atoms with Gasteiger partial charge in [-0.05, 0) is 38.1 Å². The first-order valence-electron chi connectivity index (χ1n) is 12.3. The maximum Gasteiger partial charge on any atom is 0.254 e. The number of ether oxygens (including phenoxy) is 1. The van der Waals surface area contributed by atoms with Crippen LogP contribution in [-0.4, -0.2) is 61.9 Å². The predicted molar refractivity (Wildman–Crippen MR) is 141 cm³/mol. The maximum atomic E-state index is 12.8. The van der Waals surface area contributed by atoms with E-state index in [0.717, 1.165) is 40.1 Å². The molecule has 1 saturated heterocycles. The van der Waals surface area contributed by atoms with Crippen molar-refractivity contribution in [1.29, 1.82) is 0 Å². The van der Waals surface area contributed by atoms with Crippen LogP contribution in [0.3, 0.4) is 0 Å². The normalized spacial score (nSPS) is 17.7. The highest BCUT2D eigenvalue weighted by molar-refractivity contribution is 6.06. The Hall–Kier alpha value is -4.02. The number of hydrogen-bond donors (Lipinski definition) is 3. The Morgan fingerprint density at radius 3 is 2.81 bits per heavy atom. The Morgan fingerprint density at radius 2 is 2.03 bits per heavy atom. The van der Waals surface area contributed by atoms with Gasteiger partial charge in [0.1, 0.15) is 17.6 Å². The monoisotopic (exact) mass is 499 g/mol. The molecule has 0 bridgehead atoms. The Labute approximate surface area is 214 Å². The molecule has 6 heterocycles. The van der Waals surface area contributed by atoms with Gasteiger partial charge in [0, 0.05) is 55.6 Å². The number of aryl methyl sites for hydroxylation is 1. The molecule has 6 rings (SSSR count). The summed E-state index contributed by atoms with van der Waals surface area (Å²) < 4.78 is 7.71. The molecule has 2 aliphatic heterocycles. The van der Waals surface area contributed by atoms with Crippen LogP contribution in [-0.2, 0) is 18.3 Å². The van der Waals surface area contributed by atoms with Crippen molar-refractivity contribution < 1.29 is 14.6 Å². The maximum absolute atomic E-state index is 12.8. The summed E-state index contributed by atoms with van der Waals surface area (Å²) in [5.41, 5.74) is 4.66. The molecule has 2 aliphatic rings. The molecule has 1 atom stereocenters. The molecule has 0 unspecified atom stereocenters. The van der Waals surface area contributed by atoms with Crippen LogP contribution in [0.15, 0.2) is 49.1 Å². The zero-order valence-electron chi connectivity index (χ0n) is 21.0. The largest absolute Gasteiger partial charge is 0.388 e. The van der Waals surface area contributed by atoms with Crippen molar-refractivity contribution in [3.05, 3.63) is 60.2 Å². The molecule has 0 spiro atoms. The number of nitrogens with one attached hydrogen (secondary N) is 2. The van der Waals surface area contributed by atoms with Crippen molar-refractivity contribution in [3.63, 3.8) is 0 Å². The van der Waals surface area contributed by atoms with Gasteiger partial charge in [-0.1, -0.05) is 0 Å². The Kier molecular flexibility index (Phi) is 5.58. The summed E-state index contributed by atoms with van der Waals surface area (Å²) in [4.78, 5) is 28.8. The van der Waals surface area contributed by atoms with Crippen LogP contribution in [0.5, 0.6) is 0 Å². The van der Waals surface area contributed by atoms with Crippen molar-refractivity contribution in [2.45, 2.75) is 32.1 Å². The quantitative estimate of drug-likeness (QED) is 0.384. The number of amides is 1. The third-order valence-electron chi connectivity index (χ3n) is 7.09. The number of rotatable bonds is 5. The SMILES string of the molecule is Cn1ccc2c(-c3ncc(Nc4ccc(N5CCO[C@H](C(C)(C)O)C5)cn4)c4c3CNC4=O)ccnc21. The van der Waals surface area contributed by atoms with Gasteiger partial charge in [-0.15, -0.1) is 0 Å². The summed E-state index contributed by atoms with van der Waals surface area (Å²) in [5.74, 6) is 0.476. The summed E-state index contributed by atoms with van der Waals surface area (Å²) in [6.07, 6.45) is 6.95. The van der Waals surface area contributed by atoms with E-state index in [1.54, 1.807) is 32.4 Å². The lowest BCUT2D eigenvalue weighted by atomic mass is 10.00. The van der Waals surface area contributed by atoms with Crippen molar-refractivity contribution in [2.75, 3.05) is 29.9 Å². The number of fused-ring (bicyclic) bond motifs is 2. The van der Waals surface area contributed by atoms with Crippen LogP contribution in [0.25, 0.3) is 22.3 Å². The third-order valence-corrected chi connectivity index (χ3v) is 7.09. The Bertz CT molecular complexity index is 1490. The average Bonchev–Trinajstić information content (AvgIpc) is 3.47. The lowest BCUT2D eigenvalue weighted by Crippen LogP contribution is -2.52. The van der Waals surface area contributed by atoms with Crippen molar-refractivity contribution in [3.8, 4) is 11.3 Å². The van der Waals surface area contributed by atoms with Gasteiger partial charge in [-0.25, -0.2) is 9.97 Å². The average molecular weight is 500 g/mol. The fourth-order valence-corrected chi connectivity index (χ4v) is 5.04. The van der Waals surface area contributed by atoms with E-state index in [1.165, 1.54) is 0 Å². The number of anilines is 3. The van der Waals surface area contributed by atoms with E-state index < -0.39 is 5.60 Å². The van der Waals surface area contributed by atoms with Gasteiger partial charge in [0.05, 0.1) is 47.2 Å². The zero-order chi connectivity index (χ0) is 25.7. The van der Waals surface area contributed by atoms with Crippen LogP contribution in [0.2, 0.25) is 0 Å². The molecule has 4 aromatic heterocycles. The molecule has 0 saturated carbocycles. The number of carbonyl (C=O) groups excluding carboxylic acids is 1. The number of carbonyl (C=O) groups is 1. The van der Waals surface area contributed by atoms with Gasteiger partial charge < -0.3 is 29.9 Å². The number of morpholine rings is 1. The number of nitrogens with zero attached hydrogens (tertiary/aromatic N) is 5. The van der Waals surface area contributed by atoms with Gasteiger partial charge >= 0.3 is 0 Å². The first kappa shape index (κ1) is 23.4. The van der Waals surface area contributed by atoms with Crippen molar-refractivity contribution in [2.24, 2.45) is 7.05 Å². The van der Waals surface area contributed by atoms with E-state index in [0.29, 0.717) is 36.8 Å². The summed E-state index contributed by atoms with van der Waals surface area (Å²) in [5, 5.41) is 17.6. The first-order valence-corrected chi connectivity index (χ1v) is 12.3. The minimum atomic E-state index is -0.920. The lowest BCUT2D eigenvalue weighted by Gasteiger charge is -2.39. The molecule has 190 valence electrons. The molecule has 0 aromatic carbocycles. The van der Waals surface area contributed by atoms with Gasteiger partial charge in [0.15, 0.2) is 0 Å². The van der Waals surface area contributed by atoms with Gasteiger partial charge in [-0.2, -0.15) is 0 Å². The summed E-state index contributed by atoms with van der Waals surface area (Å²) in [6, 6.07) is 7.82. The highest BCUT2D eigenvalue weighted by Crippen LogP contribution is 2.36. The van der Waals surface area contributed by atoms with E-state index in [2.05, 4.69) is 25.5 Å². The fraction of sp³-hybridized carbons (Fsp3) is 0.333. The van der Waals surface area contributed by atoms with Crippen LogP contribution in [0, 0.1) is 0 Å². The molecular formula is C27H29N7O3. The van der Waals surface area contributed by atoms with E-state index in [-0.39, 0.29) is 12.0 Å². The fourth-order valence-electron chi connectivity index (χ4n) is 5.04. The molecule has 10 heteroatoms. The van der Waals surface area contributed by atoms with Crippen LogP contribution in [0.1, 0.15) is 29.8 Å². The van der Waals surface area contributed by atoms with Crippen LogP contribution < -0.4 is 15.5 Å². The predicted octanol–water partition coefficient (Wildman–Crippen LogP) is 2.99. The molecule has 0 aliphatic carbocycles. The topological polar surface area (TPSA) is 117 Å². The molecule has 3 N–H and O–H groups in total. The highest BCUT2D eigenvalue weighted by atomic mass is 16.5. The number of aliphatic hydroxyl groups is 1. The molecule has 4 aromatic rings. The second-order valence-corrected chi connectivity index (χ2v) is 10.1. The Morgan fingerprint density at radius 1 is 1.16 bits per heavy atom. The smallest absolute Gasteiger partial charge is 0.254 e. The van der Waals surface area contributed by atoms with Gasteiger partial charge in [0.2, 0.25) is 0 Å². The van der Waals surface area contributed by atoms with Crippen molar-refractivity contribution >= 4 is 34.1 Å². The van der Waals surface area contributed by atoms with E-state index in [9.17, 15) is 9.90 Å². The minimum Gasteiger partial charge on any atom is -0.388 e. The summed E-state index contributed by atoms with van der Waals surface area (Å²) >= 11 is 0. The molecule has 0 radical (unpaired) electrons. The van der Waals surface area contributed by atoms with Crippen LogP contribution >= 0.6 is 0 Å². The first-order chi connectivity index (χ1) is 17.8. The second kappa shape index (κ2) is 8.82. The van der Waals surface area contributed by atoms with Gasteiger partial charge in [0.25, 0.3) is 5.91 Å². The second-order valence-electron chi connectivity index (χ2n) is 10.1. The standard InChI is InChI=1S/C27H29N7O3/c1-27(2,36)21-15-34(10-11-37-21)16-4-5-22(29-12-16)32-20-14-30-24(19-13-31-26(35)23(19)20)17-6-8-28-25-18(17)7-9-33(25)3/h4-9,12,14,21,36H,10-11,13,15H2,1-3H3,(H,29,32)(H,31,35)/t21-/m0/s1. The summed E-state index contributed by atoms with van der Waals surface area (Å²) in [6.45, 7) is 5.79. The molecule has 1 fully saturated rings.